The zero-order valence-corrected chi connectivity index (χ0v) is 14.1. The van der Waals surface area contributed by atoms with Crippen LogP contribution in [0.15, 0.2) is 24.3 Å². The van der Waals surface area contributed by atoms with Crippen molar-refractivity contribution < 1.29 is 14.3 Å². The lowest BCUT2D eigenvalue weighted by atomic mass is 10.0. The summed E-state index contributed by atoms with van der Waals surface area (Å²) in [4.78, 5) is 27.9. The van der Waals surface area contributed by atoms with Crippen molar-refractivity contribution in [2.24, 2.45) is 0 Å². The van der Waals surface area contributed by atoms with Crippen LogP contribution in [-0.2, 0) is 20.7 Å². The summed E-state index contributed by atoms with van der Waals surface area (Å²) in [5.74, 6) is 0.100. The minimum atomic E-state index is 0.00736. The fourth-order valence-electron chi connectivity index (χ4n) is 2.98. The summed E-state index contributed by atoms with van der Waals surface area (Å²) in [5, 5.41) is 0. The van der Waals surface area contributed by atoms with Crippen LogP contribution >= 0.6 is 0 Å². The first kappa shape index (κ1) is 17.5. The van der Waals surface area contributed by atoms with Crippen LogP contribution in [0.25, 0.3) is 0 Å². The standard InChI is InChI=1S/C18H26N2O3/c1-15(21)19(11-6-14-23-2)13-10-18(22)20-12-5-8-16-7-3-4-9-17(16)20/h3-4,7,9H,5-6,8,10-14H2,1-2H3. The number of rotatable bonds is 7. The van der Waals surface area contributed by atoms with Crippen molar-refractivity contribution in [3.8, 4) is 0 Å². The molecule has 0 aliphatic carbocycles. The Hall–Kier alpha value is -1.88. The molecule has 0 atom stereocenters. The first-order chi connectivity index (χ1) is 11.1. The van der Waals surface area contributed by atoms with Gasteiger partial charge in [0.1, 0.15) is 0 Å². The predicted octanol–water partition coefficient (Wildman–Crippen LogP) is 2.24. The second-order valence-corrected chi connectivity index (χ2v) is 5.88. The van der Waals surface area contributed by atoms with Crippen molar-refractivity contribution in [1.29, 1.82) is 0 Å². The molecule has 1 aliphatic rings. The van der Waals surface area contributed by atoms with Crippen molar-refractivity contribution >= 4 is 17.5 Å². The fraction of sp³-hybridized carbons (Fsp3) is 0.556. The molecule has 0 spiro atoms. The summed E-state index contributed by atoms with van der Waals surface area (Å²) in [6.45, 7) is 4.04. The molecule has 0 unspecified atom stereocenters. The molecule has 5 nitrogen and oxygen atoms in total. The van der Waals surface area contributed by atoms with Crippen molar-refractivity contribution in [1.82, 2.24) is 4.90 Å². The number of methoxy groups -OCH3 is 1. The largest absolute Gasteiger partial charge is 0.385 e. The Labute approximate surface area is 138 Å². The molecule has 0 N–H and O–H groups in total. The number of ether oxygens (including phenoxy) is 1. The molecule has 1 aromatic carbocycles. The van der Waals surface area contributed by atoms with E-state index in [0.29, 0.717) is 26.1 Å². The number of anilines is 1. The maximum atomic E-state index is 12.6. The summed E-state index contributed by atoms with van der Waals surface area (Å²) in [7, 11) is 1.65. The molecule has 2 amide bonds. The van der Waals surface area contributed by atoms with Crippen molar-refractivity contribution in [3.63, 3.8) is 0 Å². The van der Waals surface area contributed by atoms with Crippen molar-refractivity contribution in [2.45, 2.75) is 32.6 Å². The van der Waals surface area contributed by atoms with Crippen molar-refractivity contribution in [2.75, 3.05) is 38.3 Å². The molecular weight excluding hydrogens is 292 g/mol. The van der Waals surface area contributed by atoms with Gasteiger partial charge in [0.15, 0.2) is 0 Å². The van der Waals surface area contributed by atoms with Gasteiger partial charge in [-0.05, 0) is 30.9 Å². The second kappa shape index (κ2) is 8.67. The van der Waals surface area contributed by atoms with Gasteiger partial charge in [0, 0.05) is 52.4 Å². The van der Waals surface area contributed by atoms with Crippen LogP contribution < -0.4 is 4.90 Å². The summed E-state index contributed by atoms with van der Waals surface area (Å²) < 4.78 is 5.02. The number of hydrogen-bond acceptors (Lipinski definition) is 3. The summed E-state index contributed by atoms with van der Waals surface area (Å²) in [5.41, 5.74) is 2.26. The highest BCUT2D eigenvalue weighted by molar-refractivity contribution is 5.94. The monoisotopic (exact) mass is 318 g/mol. The van der Waals surface area contributed by atoms with Gasteiger partial charge in [-0.3, -0.25) is 9.59 Å². The molecule has 1 aromatic rings. The summed E-state index contributed by atoms with van der Waals surface area (Å²) >= 11 is 0. The van der Waals surface area contributed by atoms with Gasteiger partial charge in [-0.2, -0.15) is 0 Å². The van der Waals surface area contributed by atoms with Gasteiger partial charge in [0.05, 0.1) is 0 Å². The molecule has 0 fully saturated rings. The van der Waals surface area contributed by atoms with Crippen LogP contribution in [0.5, 0.6) is 0 Å². The Balaban J connectivity index is 1.92. The maximum absolute atomic E-state index is 12.6. The number of benzene rings is 1. The molecule has 0 aromatic heterocycles. The number of para-hydroxylation sites is 1. The van der Waals surface area contributed by atoms with Gasteiger partial charge in [-0.25, -0.2) is 0 Å². The van der Waals surface area contributed by atoms with Crippen LogP contribution in [0.3, 0.4) is 0 Å². The van der Waals surface area contributed by atoms with E-state index in [1.165, 1.54) is 5.56 Å². The van der Waals surface area contributed by atoms with E-state index < -0.39 is 0 Å². The maximum Gasteiger partial charge on any atom is 0.228 e. The highest BCUT2D eigenvalue weighted by Crippen LogP contribution is 2.27. The molecule has 23 heavy (non-hydrogen) atoms. The Morgan fingerprint density at radius 1 is 1.26 bits per heavy atom. The number of amides is 2. The average Bonchev–Trinajstić information content (AvgIpc) is 2.56. The average molecular weight is 318 g/mol. The van der Waals surface area contributed by atoms with E-state index in [1.807, 2.05) is 23.1 Å². The normalized spacial score (nSPS) is 13.6. The lowest BCUT2D eigenvalue weighted by Gasteiger charge is -2.30. The molecule has 1 aliphatic heterocycles. The smallest absolute Gasteiger partial charge is 0.228 e. The van der Waals surface area contributed by atoms with Crippen LogP contribution in [-0.4, -0.2) is 50.1 Å². The molecule has 5 heteroatoms. The van der Waals surface area contributed by atoms with Gasteiger partial charge in [-0.15, -0.1) is 0 Å². The molecule has 0 saturated heterocycles. The minimum Gasteiger partial charge on any atom is -0.385 e. The molecule has 2 rings (SSSR count). The van der Waals surface area contributed by atoms with Crippen LogP contribution in [0, 0.1) is 0 Å². The highest BCUT2D eigenvalue weighted by atomic mass is 16.5. The van der Waals surface area contributed by atoms with Gasteiger partial charge < -0.3 is 14.5 Å². The van der Waals surface area contributed by atoms with E-state index in [0.717, 1.165) is 31.5 Å². The third kappa shape index (κ3) is 4.79. The molecule has 0 bridgehead atoms. The van der Waals surface area contributed by atoms with Gasteiger partial charge in [0.2, 0.25) is 11.8 Å². The lowest BCUT2D eigenvalue weighted by Crippen LogP contribution is -2.39. The molecule has 0 saturated carbocycles. The first-order valence-electron chi connectivity index (χ1n) is 8.26. The van der Waals surface area contributed by atoms with E-state index in [-0.39, 0.29) is 11.8 Å². The minimum absolute atomic E-state index is 0.00736. The molecular formula is C18H26N2O3. The topological polar surface area (TPSA) is 49.9 Å². The zero-order chi connectivity index (χ0) is 16.7. The van der Waals surface area contributed by atoms with Gasteiger partial charge >= 0.3 is 0 Å². The number of hydrogen-bond donors (Lipinski definition) is 0. The van der Waals surface area contributed by atoms with Crippen molar-refractivity contribution in [3.05, 3.63) is 29.8 Å². The molecule has 0 radical (unpaired) electrons. The predicted molar refractivity (Wildman–Crippen MR) is 90.5 cm³/mol. The Morgan fingerprint density at radius 2 is 2.04 bits per heavy atom. The Kier molecular flexibility index (Phi) is 6.59. The third-order valence-electron chi connectivity index (χ3n) is 4.23. The van der Waals surface area contributed by atoms with Crippen LogP contribution in [0.1, 0.15) is 31.7 Å². The summed E-state index contributed by atoms with van der Waals surface area (Å²) in [6, 6.07) is 8.08. The van der Waals surface area contributed by atoms with E-state index in [4.69, 9.17) is 4.74 Å². The van der Waals surface area contributed by atoms with Crippen LogP contribution in [0.4, 0.5) is 5.69 Å². The van der Waals surface area contributed by atoms with Gasteiger partial charge in [0.25, 0.3) is 0 Å². The zero-order valence-electron chi connectivity index (χ0n) is 14.1. The first-order valence-corrected chi connectivity index (χ1v) is 8.26. The summed E-state index contributed by atoms with van der Waals surface area (Å²) in [6.07, 6.45) is 3.17. The van der Waals surface area contributed by atoms with E-state index in [9.17, 15) is 9.59 Å². The Morgan fingerprint density at radius 3 is 2.78 bits per heavy atom. The van der Waals surface area contributed by atoms with Crippen LogP contribution in [0.2, 0.25) is 0 Å². The second-order valence-electron chi connectivity index (χ2n) is 5.88. The number of aryl methyl sites for hydroxylation is 1. The third-order valence-corrected chi connectivity index (χ3v) is 4.23. The van der Waals surface area contributed by atoms with E-state index in [1.54, 1.807) is 18.9 Å². The molecule has 126 valence electrons. The Bertz CT molecular complexity index is 545. The van der Waals surface area contributed by atoms with Gasteiger partial charge in [-0.1, -0.05) is 18.2 Å². The lowest BCUT2D eigenvalue weighted by molar-refractivity contribution is -0.129. The SMILES string of the molecule is COCCCN(CCC(=O)N1CCCc2ccccc21)C(C)=O. The highest BCUT2D eigenvalue weighted by Gasteiger charge is 2.22. The number of carbonyl (C=O) groups excluding carboxylic acids is 2. The van der Waals surface area contributed by atoms with E-state index >= 15 is 0 Å². The fourth-order valence-corrected chi connectivity index (χ4v) is 2.98. The number of carbonyl (C=O) groups is 2. The quantitative estimate of drug-likeness (QED) is 0.725. The number of fused-ring (bicyclic) bond motifs is 1. The number of nitrogens with zero attached hydrogens (tertiary/aromatic N) is 2. The van der Waals surface area contributed by atoms with E-state index in [2.05, 4.69) is 6.07 Å². The molecule has 1 heterocycles.